The Kier molecular flexibility index (Phi) is 6.75. The number of nitrogens with one attached hydrogen (secondary N) is 1. The van der Waals surface area contributed by atoms with Crippen molar-refractivity contribution in [2.24, 2.45) is 0 Å². The molecule has 24 heavy (non-hydrogen) atoms. The van der Waals surface area contributed by atoms with Crippen LogP contribution in [0.15, 0.2) is 12.1 Å². The van der Waals surface area contributed by atoms with E-state index >= 15 is 0 Å². The van der Waals surface area contributed by atoms with Gasteiger partial charge in [-0.1, -0.05) is 19.1 Å². The molecule has 4 nitrogen and oxygen atoms in total. The lowest BCUT2D eigenvalue weighted by Gasteiger charge is -2.33. The van der Waals surface area contributed by atoms with E-state index in [-0.39, 0.29) is 17.8 Å². The Bertz CT molecular complexity index is 545. The SMILES string of the molecule is CCN1CCN(CCC(=O)NC(C)c2cc(C)c(F)c(C)c2)CC1. The minimum absolute atomic E-state index is 0.0556. The predicted molar refractivity (Wildman–Crippen MR) is 95.6 cm³/mol. The summed E-state index contributed by atoms with van der Waals surface area (Å²) in [5.41, 5.74) is 2.20. The van der Waals surface area contributed by atoms with Crippen molar-refractivity contribution in [1.29, 1.82) is 0 Å². The van der Waals surface area contributed by atoms with Crippen molar-refractivity contribution in [1.82, 2.24) is 15.1 Å². The average molecular weight is 335 g/mol. The molecule has 1 aromatic carbocycles. The van der Waals surface area contributed by atoms with Gasteiger partial charge < -0.3 is 15.1 Å². The van der Waals surface area contributed by atoms with Gasteiger partial charge in [-0.25, -0.2) is 4.39 Å². The zero-order chi connectivity index (χ0) is 17.7. The third-order valence-corrected chi connectivity index (χ3v) is 4.90. The van der Waals surface area contributed by atoms with Gasteiger partial charge in [-0.15, -0.1) is 0 Å². The summed E-state index contributed by atoms with van der Waals surface area (Å²) in [4.78, 5) is 17.0. The number of benzene rings is 1. The minimum atomic E-state index is -0.163. The molecule has 134 valence electrons. The molecule has 0 radical (unpaired) electrons. The maximum absolute atomic E-state index is 13.7. The first-order valence-corrected chi connectivity index (χ1v) is 8.91. The van der Waals surface area contributed by atoms with E-state index in [1.54, 1.807) is 13.8 Å². The third kappa shape index (κ3) is 5.02. The molecule has 0 aromatic heterocycles. The Balaban J connectivity index is 1.80. The van der Waals surface area contributed by atoms with Crippen LogP contribution in [0, 0.1) is 19.7 Å². The molecule has 2 rings (SSSR count). The summed E-state index contributed by atoms with van der Waals surface area (Å²) < 4.78 is 13.7. The highest BCUT2D eigenvalue weighted by atomic mass is 19.1. The van der Waals surface area contributed by atoms with Crippen molar-refractivity contribution in [3.05, 3.63) is 34.6 Å². The second kappa shape index (κ2) is 8.58. The lowest BCUT2D eigenvalue weighted by molar-refractivity contribution is -0.122. The van der Waals surface area contributed by atoms with Gasteiger partial charge in [0.15, 0.2) is 0 Å². The normalized spacial score (nSPS) is 17.7. The number of amides is 1. The first-order valence-electron chi connectivity index (χ1n) is 8.91. The van der Waals surface area contributed by atoms with Crippen LogP contribution in [0.4, 0.5) is 4.39 Å². The topological polar surface area (TPSA) is 35.6 Å². The summed E-state index contributed by atoms with van der Waals surface area (Å²) in [6.45, 7) is 13.8. The van der Waals surface area contributed by atoms with Gasteiger partial charge in [0.25, 0.3) is 0 Å². The fraction of sp³-hybridized carbons (Fsp3) is 0.632. The number of aryl methyl sites for hydroxylation is 2. The van der Waals surface area contributed by atoms with Crippen molar-refractivity contribution < 1.29 is 9.18 Å². The van der Waals surface area contributed by atoms with E-state index in [4.69, 9.17) is 0 Å². The van der Waals surface area contributed by atoms with Gasteiger partial charge in [-0.2, -0.15) is 0 Å². The molecule has 1 aliphatic heterocycles. The van der Waals surface area contributed by atoms with E-state index in [0.29, 0.717) is 17.5 Å². The van der Waals surface area contributed by atoms with Gasteiger partial charge in [0.1, 0.15) is 5.82 Å². The lowest BCUT2D eigenvalue weighted by Crippen LogP contribution is -2.47. The summed E-state index contributed by atoms with van der Waals surface area (Å²) in [7, 11) is 0. The van der Waals surface area contributed by atoms with Crippen molar-refractivity contribution in [2.45, 2.75) is 40.2 Å². The monoisotopic (exact) mass is 335 g/mol. The molecule has 0 aliphatic carbocycles. The molecule has 0 spiro atoms. The highest BCUT2D eigenvalue weighted by Crippen LogP contribution is 2.20. The van der Waals surface area contributed by atoms with Gasteiger partial charge in [0, 0.05) is 39.1 Å². The number of carbonyl (C=O) groups excluding carboxylic acids is 1. The zero-order valence-corrected chi connectivity index (χ0v) is 15.4. The molecule has 1 heterocycles. The Morgan fingerprint density at radius 1 is 1.17 bits per heavy atom. The number of carbonyl (C=O) groups is 1. The van der Waals surface area contributed by atoms with Crippen LogP contribution in [0.3, 0.4) is 0 Å². The molecule has 5 heteroatoms. The van der Waals surface area contributed by atoms with Crippen molar-refractivity contribution in [3.8, 4) is 0 Å². The average Bonchev–Trinajstić information content (AvgIpc) is 2.57. The van der Waals surface area contributed by atoms with Crippen molar-refractivity contribution in [2.75, 3.05) is 39.3 Å². The van der Waals surface area contributed by atoms with E-state index < -0.39 is 0 Å². The number of rotatable bonds is 6. The fourth-order valence-corrected chi connectivity index (χ4v) is 3.22. The number of piperazine rings is 1. The van der Waals surface area contributed by atoms with Crippen LogP contribution in [0.5, 0.6) is 0 Å². The highest BCUT2D eigenvalue weighted by Gasteiger charge is 2.17. The standard InChI is InChI=1S/C19H30FN3O/c1-5-22-8-10-23(11-9-22)7-6-18(24)21-16(4)17-12-14(2)19(20)15(3)13-17/h12-13,16H,5-11H2,1-4H3,(H,21,24). The van der Waals surface area contributed by atoms with E-state index in [0.717, 1.165) is 44.8 Å². The number of halogens is 1. The lowest BCUT2D eigenvalue weighted by atomic mass is 10.0. The molecular weight excluding hydrogens is 305 g/mol. The number of likely N-dealkylation sites (N-methyl/N-ethyl adjacent to an activating group) is 1. The Morgan fingerprint density at radius 3 is 2.25 bits per heavy atom. The van der Waals surface area contributed by atoms with E-state index in [2.05, 4.69) is 22.0 Å². The Hall–Kier alpha value is -1.46. The van der Waals surface area contributed by atoms with Gasteiger partial charge in [-0.05, 0) is 44.0 Å². The largest absolute Gasteiger partial charge is 0.350 e. The smallest absolute Gasteiger partial charge is 0.221 e. The number of hydrogen-bond acceptors (Lipinski definition) is 3. The minimum Gasteiger partial charge on any atom is -0.350 e. The van der Waals surface area contributed by atoms with E-state index in [1.165, 1.54) is 0 Å². The van der Waals surface area contributed by atoms with Crippen LogP contribution in [0.2, 0.25) is 0 Å². The summed E-state index contributed by atoms with van der Waals surface area (Å²) in [6.07, 6.45) is 0.510. The molecule has 1 fully saturated rings. The predicted octanol–water partition coefficient (Wildman–Crippen LogP) is 2.65. The molecule has 0 saturated carbocycles. The summed E-state index contributed by atoms with van der Waals surface area (Å²) in [5.74, 6) is -0.108. The molecule has 1 aromatic rings. The number of nitrogens with zero attached hydrogens (tertiary/aromatic N) is 2. The molecule has 1 amide bonds. The van der Waals surface area contributed by atoms with Crippen LogP contribution >= 0.6 is 0 Å². The Morgan fingerprint density at radius 2 is 1.71 bits per heavy atom. The van der Waals surface area contributed by atoms with Crippen LogP contribution in [0.1, 0.15) is 43.0 Å². The third-order valence-electron chi connectivity index (χ3n) is 4.90. The van der Waals surface area contributed by atoms with E-state index in [9.17, 15) is 9.18 Å². The highest BCUT2D eigenvalue weighted by molar-refractivity contribution is 5.76. The van der Waals surface area contributed by atoms with Crippen LogP contribution < -0.4 is 5.32 Å². The summed E-state index contributed by atoms with van der Waals surface area (Å²) in [6, 6.07) is 3.53. The second-order valence-electron chi connectivity index (χ2n) is 6.78. The number of hydrogen-bond donors (Lipinski definition) is 1. The van der Waals surface area contributed by atoms with E-state index in [1.807, 2.05) is 19.1 Å². The van der Waals surface area contributed by atoms with Crippen molar-refractivity contribution >= 4 is 5.91 Å². The molecule has 1 unspecified atom stereocenters. The zero-order valence-electron chi connectivity index (χ0n) is 15.4. The maximum Gasteiger partial charge on any atom is 0.221 e. The van der Waals surface area contributed by atoms with Gasteiger partial charge in [0.05, 0.1) is 6.04 Å². The molecule has 1 N–H and O–H groups in total. The van der Waals surface area contributed by atoms with Crippen molar-refractivity contribution in [3.63, 3.8) is 0 Å². The Labute approximate surface area is 145 Å². The second-order valence-corrected chi connectivity index (χ2v) is 6.78. The molecule has 1 saturated heterocycles. The molecular formula is C19H30FN3O. The first-order chi connectivity index (χ1) is 11.4. The van der Waals surface area contributed by atoms with Gasteiger partial charge in [-0.3, -0.25) is 4.79 Å². The van der Waals surface area contributed by atoms with Gasteiger partial charge in [0.2, 0.25) is 5.91 Å². The molecule has 1 atom stereocenters. The van der Waals surface area contributed by atoms with Crippen LogP contribution in [-0.4, -0.2) is 55.0 Å². The quantitative estimate of drug-likeness (QED) is 0.868. The molecule has 1 aliphatic rings. The summed E-state index contributed by atoms with van der Waals surface area (Å²) in [5, 5.41) is 3.03. The maximum atomic E-state index is 13.7. The van der Waals surface area contributed by atoms with Crippen LogP contribution in [-0.2, 0) is 4.79 Å². The van der Waals surface area contributed by atoms with Gasteiger partial charge >= 0.3 is 0 Å². The van der Waals surface area contributed by atoms with Crippen LogP contribution in [0.25, 0.3) is 0 Å². The summed E-state index contributed by atoms with van der Waals surface area (Å²) >= 11 is 0. The fourth-order valence-electron chi connectivity index (χ4n) is 3.22. The first kappa shape index (κ1) is 18.9. The molecule has 0 bridgehead atoms.